The molecule has 1 rings (SSSR count). The van der Waals surface area contributed by atoms with Crippen molar-refractivity contribution in [3.8, 4) is 11.5 Å². The highest BCUT2D eigenvalue weighted by molar-refractivity contribution is 5.48. The first-order valence-electron chi connectivity index (χ1n) is 6.18. The number of rotatable bonds is 7. The molecular formula is C14H20F2O3. The van der Waals surface area contributed by atoms with Gasteiger partial charge in [-0.15, -0.1) is 0 Å². The fraction of sp³-hybridized carbons (Fsp3) is 0.571. The van der Waals surface area contributed by atoms with Crippen molar-refractivity contribution in [1.82, 2.24) is 0 Å². The lowest BCUT2D eigenvalue weighted by molar-refractivity contribution is -0.232. The summed E-state index contributed by atoms with van der Waals surface area (Å²) in [5, 5.41) is 0. The summed E-state index contributed by atoms with van der Waals surface area (Å²) >= 11 is 0. The Morgan fingerprint density at radius 3 is 2.16 bits per heavy atom. The van der Waals surface area contributed by atoms with E-state index in [0.29, 0.717) is 5.75 Å². The van der Waals surface area contributed by atoms with Gasteiger partial charge in [-0.25, -0.2) is 0 Å². The highest BCUT2D eigenvalue weighted by Gasteiger charge is 2.36. The second-order valence-electron chi connectivity index (χ2n) is 4.19. The van der Waals surface area contributed by atoms with Crippen LogP contribution >= 0.6 is 0 Å². The molecule has 0 atom stereocenters. The molecule has 0 amide bonds. The van der Waals surface area contributed by atoms with Crippen molar-refractivity contribution in [3.05, 3.63) is 23.3 Å². The van der Waals surface area contributed by atoms with Crippen LogP contribution in [0.5, 0.6) is 11.5 Å². The average molecular weight is 274 g/mol. The zero-order valence-electron chi connectivity index (χ0n) is 11.8. The van der Waals surface area contributed by atoms with Gasteiger partial charge in [-0.2, -0.15) is 8.78 Å². The smallest absolute Gasteiger partial charge is 0.386 e. The van der Waals surface area contributed by atoms with Gasteiger partial charge in [0.25, 0.3) is 0 Å². The number of benzene rings is 1. The number of aryl methyl sites for hydroxylation is 1. The topological polar surface area (TPSA) is 27.7 Å². The van der Waals surface area contributed by atoms with Gasteiger partial charge >= 0.3 is 6.11 Å². The molecule has 1 aromatic rings. The minimum atomic E-state index is -3.40. The van der Waals surface area contributed by atoms with Crippen molar-refractivity contribution in [2.75, 3.05) is 21.3 Å². The first-order valence-corrected chi connectivity index (χ1v) is 6.18. The summed E-state index contributed by atoms with van der Waals surface area (Å²) in [6, 6.07) is 2.88. The Morgan fingerprint density at radius 1 is 1.05 bits per heavy atom. The first-order chi connectivity index (χ1) is 9.00. The van der Waals surface area contributed by atoms with Gasteiger partial charge < -0.3 is 14.2 Å². The standard InChI is InChI=1S/C14H20F2O3/c1-5-6-7-10-8-13(18-3)11(9-12(10)17-2)14(15,16)19-4/h8-9H,5-7H2,1-4H3. The van der Waals surface area contributed by atoms with E-state index in [0.717, 1.165) is 31.9 Å². The molecule has 0 aliphatic heterocycles. The third-order valence-electron chi connectivity index (χ3n) is 2.97. The minimum Gasteiger partial charge on any atom is -0.496 e. The predicted octanol–water partition coefficient (Wildman–Crippen LogP) is 3.74. The van der Waals surface area contributed by atoms with E-state index in [2.05, 4.69) is 11.7 Å². The largest absolute Gasteiger partial charge is 0.496 e. The Morgan fingerprint density at radius 2 is 1.68 bits per heavy atom. The summed E-state index contributed by atoms with van der Waals surface area (Å²) in [7, 11) is 3.78. The van der Waals surface area contributed by atoms with Crippen LogP contribution in [0.1, 0.15) is 30.9 Å². The molecule has 3 nitrogen and oxygen atoms in total. The fourth-order valence-corrected chi connectivity index (χ4v) is 1.86. The van der Waals surface area contributed by atoms with E-state index in [-0.39, 0.29) is 11.3 Å². The Balaban J connectivity index is 3.27. The molecule has 19 heavy (non-hydrogen) atoms. The van der Waals surface area contributed by atoms with E-state index in [4.69, 9.17) is 9.47 Å². The molecule has 0 aromatic heterocycles. The van der Waals surface area contributed by atoms with Gasteiger partial charge in [-0.3, -0.25) is 0 Å². The number of halogens is 2. The summed E-state index contributed by atoms with van der Waals surface area (Å²) < 4.78 is 41.8. The lowest BCUT2D eigenvalue weighted by Crippen LogP contribution is -2.17. The number of methoxy groups -OCH3 is 3. The van der Waals surface area contributed by atoms with Crippen molar-refractivity contribution in [1.29, 1.82) is 0 Å². The van der Waals surface area contributed by atoms with E-state index in [1.807, 2.05) is 0 Å². The monoisotopic (exact) mass is 274 g/mol. The van der Waals surface area contributed by atoms with Crippen LogP contribution in [0.25, 0.3) is 0 Å². The molecule has 0 aliphatic rings. The summed E-state index contributed by atoms with van der Waals surface area (Å²) in [5.41, 5.74) is 0.534. The second kappa shape index (κ2) is 6.70. The Kier molecular flexibility index (Phi) is 5.54. The van der Waals surface area contributed by atoms with Crippen LogP contribution in [0.15, 0.2) is 12.1 Å². The molecule has 0 unspecified atom stereocenters. The quantitative estimate of drug-likeness (QED) is 0.758. The molecule has 0 heterocycles. The Labute approximate surface area is 112 Å². The first kappa shape index (κ1) is 15.7. The number of hydrogen-bond acceptors (Lipinski definition) is 3. The fourth-order valence-electron chi connectivity index (χ4n) is 1.86. The maximum absolute atomic E-state index is 13.7. The van der Waals surface area contributed by atoms with Gasteiger partial charge in [-0.05, 0) is 30.5 Å². The third kappa shape index (κ3) is 3.56. The highest BCUT2D eigenvalue weighted by atomic mass is 19.3. The minimum absolute atomic E-state index is 0.110. The van der Waals surface area contributed by atoms with Crippen molar-refractivity contribution in [2.24, 2.45) is 0 Å². The second-order valence-corrected chi connectivity index (χ2v) is 4.19. The molecule has 1 aromatic carbocycles. The Bertz CT molecular complexity index is 419. The van der Waals surface area contributed by atoms with Gasteiger partial charge in [0.05, 0.1) is 19.8 Å². The average Bonchev–Trinajstić information content (AvgIpc) is 2.43. The van der Waals surface area contributed by atoms with Crippen molar-refractivity contribution >= 4 is 0 Å². The third-order valence-corrected chi connectivity index (χ3v) is 2.97. The normalized spacial score (nSPS) is 11.5. The molecule has 0 fully saturated rings. The van der Waals surface area contributed by atoms with Crippen LogP contribution in [0, 0.1) is 0 Å². The summed E-state index contributed by atoms with van der Waals surface area (Å²) in [4.78, 5) is 0. The molecule has 0 spiro atoms. The summed E-state index contributed by atoms with van der Waals surface area (Å²) in [6.45, 7) is 2.07. The number of unbranched alkanes of at least 4 members (excludes halogenated alkanes) is 1. The Hall–Kier alpha value is -1.36. The lowest BCUT2D eigenvalue weighted by Gasteiger charge is -2.20. The molecule has 0 aliphatic carbocycles. The molecular weight excluding hydrogens is 254 g/mol. The zero-order valence-corrected chi connectivity index (χ0v) is 11.8. The van der Waals surface area contributed by atoms with E-state index < -0.39 is 6.11 Å². The van der Waals surface area contributed by atoms with Gasteiger partial charge in [0.2, 0.25) is 0 Å². The SMILES string of the molecule is CCCCc1cc(OC)c(C(F)(F)OC)cc1OC. The molecule has 0 radical (unpaired) electrons. The number of alkyl halides is 2. The van der Waals surface area contributed by atoms with Gasteiger partial charge in [0.1, 0.15) is 11.5 Å². The zero-order chi connectivity index (χ0) is 14.5. The van der Waals surface area contributed by atoms with Crippen LogP contribution in [-0.2, 0) is 17.3 Å². The van der Waals surface area contributed by atoms with E-state index in [9.17, 15) is 8.78 Å². The molecule has 108 valence electrons. The summed E-state index contributed by atoms with van der Waals surface area (Å²) in [5.74, 6) is 0.541. The van der Waals surface area contributed by atoms with Crippen LogP contribution in [-0.4, -0.2) is 21.3 Å². The van der Waals surface area contributed by atoms with Crippen molar-refractivity contribution in [3.63, 3.8) is 0 Å². The molecule has 5 heteroatoms. The summed E-state index contributed by atoms with van der Waals surface area (Å²) in [6.07, 6.45) is -0.669. The predicted molar refractivity (Wildman–Crippen MR) is 69.1 cm³/mol. The lowest BCUT2D eigenvalue weighted by atomic mass is 10.0. The number of hydrogen-bond donors (Lipinski definition) is 0. The van der Waals surface area contributed by atoms with Gasteiger partial charge in [0, 0.05) is 7.11 Å². The maximum atomic E-state index is 13.7. The molecule has 0 saturated heterocycles. The number of ether oxygens (including phenoxy) is 3. The molecule has 0 N–H and O–H groups in total. The van der Waals surface area contributed by atoms with Crippen LogP contribution in [0.2, 0.25) is 0 Å². The van der Waals surface area contributed by atoms with E-state index in [1.54, 1.807) is 6.07 Å². The van der Waals surface area contributed by atoms with Crippen molar-refractivity contribution in [2.45, 2.75) is 32.3 Å². The van der Waals surface area contributed by atoms with Crippen molar-refractivity contribution < 1.29 is 23.0 Å². The van der Waals surface area contributed by atoms with Gasteiger partial charge in [-0.1, -0.05) is 13.3 Å². The van der Waals surface area contributed by atoms with Gasteiger partial charge in [0.15, 0.2) is 0 Å². The van der Waals surface area contributed by atoms with E-state index in [1.165, 1.54) is 20.3 Å². The highest BCUT2D eigenvalue weighted by Crippen LogP contribution is 2.39. The van der Waals surface area contributed by atoms with E-state index >= 15 is 0 Å². The maximum Gasteiger partial charge on any atom is 0.386 e. The molecule has 0 bridgehead atoms. The van der Waals surface area contributed by atoms with Crippen LogP contribution < -0.4 is 9.47 Å². The van der Waals surface area contributed by atoms with Crippen LogP contribution in [0.3, 0.4) is 0 Å². The molecule has 0 saturated carbocycles. The van der Waals surface area contributed by atoms with Crippen LogP contribution in [0.4, 0.5) is 8.78 Å².